The van der Waals surface area contributed by atoms with E-state index in [9.17, 15) is 4.79 Å². The lowest BCUT2D eigenvalue weighted by Gasteiger charge is -2.21. The molecule has 0 radical (unpaired) electrons. The molecule has 1 fully saturated rings. The number of rotatable bonds is 7. The number of hydrogen-bond acceptors (Lipinski definition) is 6. The third-order valence-electron chi connectivity index (χ3n) is 5.79. The molecule has 9 heteroatoms. The number of methoxy groups -OCH3 is 2. The van der Waals surface area contributed by atoms with E-state index < -0.39 is 0 Å². The SMILES string of the molecule is C=CC(=O)N[C@H]1CCC[C@@H]1Nc1ncc2cc(-c3c(Cl)c(OC)cc(OC)c3Cl)ccc2n1. The molecule has 172 valence electrons. The van der Waals surface area contributed by atoms with E-state index in [1.807, 2.05) is 18.2 Å². The average molecular weight is 487 g/mol. The van der Waals surface area contributed by atoms with Crippen LogP contribution < -0.4 is 20.1 Å². The van der Waals surface area contributed by atoms with Crippen LogP contribution in [0.2, 0.25) is 10.0 Å². The van der Waals surface area contributed by atoms with E-state index in [0.29, 0.717) is 33.1 Å². The average Bonchev–Trinajstić information content (AvgIpc) is 3.25. The standard InChI is InChI=1S/C24H24Cl2N4O3/c1-4-20(31)28-16-6-5-7-17(16)30-24-27-12-14-10-13(8-9-15(14)29-24)21-22(25)18(32-2)11-19(33-3)23(21)26/h4,8-12,16-17H,1,5-7H2,2-3H3,(H,28,31)(H,27,29,30)/t16-,17-/m0/s1. The van der Waals surface area contributed by atoms with E-state index in [-0.39, 0.29) is 18.0 Å². The van der Waals surface area contributed by atoms with Crippen molar-refractivity contribution in [2.45, 2.75) is 31.3 Å². The van der Waals surface area contributed by atoms with Gasteiger partial charge in [0, 0.05) is 35.3 Å². The molecule has 1 aromatic heterocycles. The Balaban J connectivity index is 1.63. The van der Waals surface area contributed by atoms with E-state index in [4.69, 9.17) is 32.7 Å². The van der Waals surface area contributed by atoms with Crippen LogP contribution in [0.1, 0.15) is 19.3 Å². The number of benzene rings is 2. The fourth-order valence-electron chi connectivity index (χ4n) is 4.11. The minimum atomic E-state index is -0.174. The molecule has 7 nitrogen and oxygen atoms in total. The van der Waals surface area contributed by atoms with Gasteiger partial charge in [-0.15, -0.1) is 0 Å². The first-order chi connectivity index (χ1) is 15.9. The second kappa shape index (κ2) is 9.85. The zero-order chi connectivity index (χ0) is 23.5. The number of nitrogens with zero attached hydrogens (tertiary/aromatic N) is 2. The summed E-state index contributed by atoms with van der Waals surface area (Å²) in [6.07, 6.45) is 5.88. The first-order valence-corrected chi connectivity index (χ1v) is 11.3. The van der Waals surface area contributed by atoms with Crippen LogP contribution in [0.4, 0.5) is 5.95 Å². The summed E-state index contributed by atoms with van der Waals surface area (Å²) < 4.78 is 10.8. The van der Waals surface area contributed by atoms with E-state index in [0.717, 1.165) is 35.7 Å². The summed E-state index contributed by atoms with van der Waals surface area (Å²) in [5, 5.41) is 7.96. The third kappa shape index (κ3) is 4.70. The maximum absolute atomic E-state index is 11.7. The van der Waals surface area contributed by atoms with Crippen LogP contribution in [-0.2, 0) is 4.79 Å². The number of fused-ring (bicyclic) bond motifs is 1. The quantitative estimate of drug-likeness (QED) is 0.443. The van der Waals surface area contributed by atoms with Gasteiger partial charge in [-0.2, -0.15) is 0 Å². The highest BCUT2D eigenvalue weighted by molar-refractivity contribution is 6.41. The van der Waals surface area contributed by atoms with Gasteiger partial charge in [-0.1, -0.05) is 35.8 Å². The van der Waals surface area contributed by atoms with Crippen molar-refractivity contribution >= 4 is 46.0 Å². The predicted molar refractivity (Wildman–Crippen MR) is 131 cm³/mol. The van der Waals surface area contributed by atoms with Crippen LogP contribution in [0.15, 0.2) is 43.1 Å². The molecule has 33 heavy (non-hydrogen) atoms. The summed E-state index contributed by atoms with van der Waals surface area (Å²) in [4.78, 5) is 20.8. The van der Waals surface area contributed by atoms with Crippen LogP contribution >= 0.6 is 23.2 Å². The molecule has 2 N–H and O–H groups in total. The molecule has 1 heterocycles. The van der Waals surface area contributed by atoms with Crippen LogP contribution in [0.25, 0.3) is 22.0 Å². The molecule has 0 aliphatic heterocycles. The molecule has 1 saturated carbocycles. The number of halogens is 2. The number of aromatic nitrogens is 2. The van der Waals surface area contributed by atoms with Gasteiger partial charge in [-0.05, 0) is 43.0 Å². The van der Waals surface area contributed by atoms with Crippen molar-refractivity contribution in [2.24, 2.45) is 0 Å². The maximum Gasteiger partial charge on any atom is 0.243 e. The third-order valence-corrected chi connectivity index (χ3v) is 6.54. The van der Waals surface area contributed by atoms with Crippen molar-refractivity contribution in [3.63, 3.8) is 0 Å². The summed E-state index contributed by atoms with van der Waals surface area (Å²) in [6, 6.07) is 7.45. The van der Waals surface area contributed by atoms with Gasteiger partial charge < -0.3 is 20.1 Å². The highest BCUT2D eigenvalue weighted by Crippen LogP contribution is 2.46. The fourth-order valence-corrected chi connectivity index (χ4v) is 4.83. The monoisotopic (exact) mass is 486 g/mol. The van der Waals surface area contributed by atoms with Crippen LogP contribution in [0.3, 0.4) is 0 Å². The molecular weight excluding hydrogens is 463 g/mol. The minimum absolute atomic E-state index is 0.0181. The van der Waals surface area contributed by atoms with Crippen LogP contribution in [0, 0.1) is 0 Å². The van der Waals surface area contributed by atoms with Crippen LogP contribution in [-0.4, -0.2) is 42.2 Å². The molecule has 4 rings (SSSR count). The normalized spacial score (nSPS) is 17.6. The first kappa shape index (κ1) is 23.1. The van der Waals surface area contributed by atoms with E-state index in [2.05, 4.69) is 27.2 Å². The Hall–Kier alpha value is -3.03. The zero-order valence-corrected chi connectivity index (χ0v) is 19.8. The molecule has 2 aromatic carbocycles. The molecule has 1 aliphatic rings. The second-order valence-electron chi connectivity index (χ2n) is 7.75. The van der Waals surface area contributed by atoms with Gasteiger partial charge in [0.05, 0.1) is 29.8 Å². The first-order valence-electron chi connectivity index (χ1n) is 10.5. The number of hydrogen-bond donors (Lipinski definition) is 2. The second-order valence-corrected chi connectivity index (χ2v) is 8.51. The molecule has 1 aliphatic carbocycles. The van der Waals surface area contributed by atoms with E-state index >= 15 is 0 Å². The lowest BCUT2D eigenvalue weighted by Crippen LogP contribution is -2.42. The summed E-state index contributed by atoms with van der Waals surface area (Å²) in [7, 11) is 3.08. The Morgan fingerprint density at radius 3 is 2.48 bits per heavy atom. The topological polar surface area (TPSA) is 85.4 Å². The number of carbonyl (C=O) groups excluding carboxylic acids is 1. The molecule has 0 bridgehead atoms. The molecule has 3 aromatic rings. The molecule has 0 spiro atoms. The van der Waals surface area contributed by atoms with Gasteiger partial charge in [0.2, 0.25) is 11.9 Å². The van der Waals surface area contributed by atoms with Crippen LogP contribution in [0.5, 0.6) is 11.5 Å². The van der Waals surface area contributed by atoms with Gasteiger partial charge >= 0.3 is 0 Å². The maximum atomic E-state index is 11.7. The van der Waals surface area contributed by atoms with E-state index in [1.54, 1.807) is 26.5 Å². The predicted octanol–water partition coefficient (Wildman–Crippen LogP) is 5.26. The van der Waals surface area contributed by atoms with Crippen molar-refractivity contribution < 1.29 is 14.3 Å². The van der Waals surface area contributed by atoms with Gasteiger partial charge in [-0.25, -0.2) is 9.97 Å². The molecule has 1 amide bonds. The van der Waals surface area contributed by atoms with Crippen molar-refractivity contribution in [3.8, 4) is 22.6 Å². The molecular formula is C24H24Cl2N4O3. The van der Waals surface area contributed by atoms with Gasteiger partial charge in [-0.3, -0.25) is 4.79 Å². The van der Waals surface area contributed by atoms with Crippen molar-refractivity contribution in [2.75, 3.05) is 19.5 Å². The fraction of sp³-hybridized carbons (Fsp3) is 0.292. The Kier molecular flexibility index (Phi) is 6.91. The number of nitrogens with one attached hydrogen (secondary N) is 2. The van der Waals surface area contributed by atoms with Crippen molar-refractivity contribution in [3.05, 3.63) is 53.2 Å². The van der Waals surface area contributed by atoms with Crippen molar-refractivity contribution in [1.82, 2.24) is 15.3 Å². The number of carbonyl (C=O) groups is 1. The lowest BCUT2D eigenvalue weighted by atomic mass is 10.0. The summed E-state index contributed by atoms with van der Waals surface area (Å²) in [6.45, 7) is 3.52. The largest absolute Gasteiger partial charge is 0.495 e. The number of ether oxygens (including phenoxy) is 2. The Morgan fingerprint density at radius 1 is 1.12 bits per heavy atom. The molecule has 2 atom stereocenters. The van der Waals surface area contributed by atoms with Gasteiger partial charge in [0.25, 0.3) is 0 Å². The lowest BCUT2D eigenvalue weighted by molar-refractivity contribution is -0.117. The Morgan fingerprint density at radius 2 is 1.82 bits per heavy atom. The summed E-state index contributed by atoms with van der Waals surface area (Å²) in [5.41, 5.74) is 2.18. The smallest absolute Gasteiger partial charge is 0.243 e. The highest BCUT2D eigenvalue weighted by Gasteiger charge is 2.28. The summed E-state index contributed by atoms with van der Waals surface area (Å²) >= 11 is 13.1. The van der Waals surface area contributed by atoms with Crippen molar-refractivity contribution in [1.29, 1.82) is 0 Å². The van der Waals surface area contributed by atoms with Gasteiger partial charge in [0.15, 0.2) is 0 Å². The Labute approximate surface area is 202 Å². The Bertz CT molecular complexity index is 1190. The number of amides is 1. The zero-order valence-electron chi connectivity index (χ0n) is 18.3. The van der Waals surface area contributed by atoms with Gasteiger partial charge in [0.1, 0.15) is 11.5 Å². The summed E-state index contributed by atoms with van der Waals surface area (Å²) in [5.74, 6) is 1.28. The highest BCUT2D eigenvalue weighted by atomic mass is 35.5. The van der Waals surface area contributed by atoms with E-state index in [1.165, 1.54) is 6.08 Å². The number of anilines is 1. The molecule has 0 saturated heterocycles. The minimum Gasteiger partial charge on any atom is -0.495 e. The molecule has 0 unspecified atom stereocenters.